The third-order valence-corrected chi connectivity index (χ3v) is 6.94. The average Bonchev–Trinajstić information content (AvgIpc) is 2.92. The Hall–Kier alpha value is -3.72. The number of aromatic nitrogens is 1. The van der Waals surface area contributed by atoms with Crippen molar-refractivity contribution in [2.45, 2.75) is 51.5 Å². The van der Waals surface area contributed by atoms with Crippen molar-refractivity contribution >= 4 is 23.4 Å². The first-order chi connectivity index (χ1) is 18.6. The average molecular weight is 541 g/mol. The maximum absolute atomic E-state index is 14.1. The van der Waals surface area contributed by atoms with Crippen molar-refractivity contribution in [1.82, 2.24) is 14.8 Å². The van der Waals surface area contributed by atoms with E-state index in [0.29, 0.717) is 29.5 Å². The number of piperidine rings is 1. The Labute approximate surface area is 226 Å². The van der Waals surface area contributed by atoms with E-state index in [0.717, 1.165) is 49.8 Å². The first-order valence-electron chi connectivity index (χ1n) is 13.0. The summed E-state index contributed by atoms with van der Waals surface area (Å²) in [5.41, 5.74) is 1.63. The summed E-state index contributed by atoms with van der Waals surface area (Å²) in [5.74, 6) is -0.679. The van der Waals surface area contributed by atoms with Crippen LogP contribution in [0.5, 0.6) is 0 Å². The molecule has 2 heterocycles. The van der Waals surface area contributed by atoms with Gasteiger partial charge in [0.15, 0.2) is 5.82 Å². The highest BCUT2D eigenvalue weighted by atomic mass is 19.4. The molecule has 0 unspecified atom stereocenters. The molecule has 4 rings (SSSR count). The summed E-state index contributed by atoms with van der Waals surface area (Å²) < 4.78 is 52.8. The highest BCUT2D eigenvalue weighted by molar-refractivity contribution is 5.92. The van der Waals surface area contributed by atoms with Crippen LogP contribution in [0.15, 0.2) is 73.1 Å². The molecule has 9 heteroatoms. The molecule has 0 saturated carbocycles. The Bertz CT molecular complexity index is 1280. The predicted octanol–water partition coefficient (Wildman–Crippen LogP) is 6.90. The minimum absolute atomic E-state index is 0.0130. The van der Waals surface area contributed by atoms with Gasteiger partial charge in [-0.1, -0.05) is 24.3 Å². The van der Waals surface area contributed by atoms with E-state index in [9.17, 15) is 22.4 Å². The van der Waals surface area contributed by atoms with Gasteiger partial charge in [-0.25, -0.2) is 4.39 Å². The fourth-order valence-corrected chi connectivity index (χ4v) is 4.72. The van der Waals surface area contributed by atoms with E-state index in [1.807, 2.05) is 29.2 Å². The van der Waals surface area contributed by atoms with Crippen LogP contribution in [-0.2, 0) is 17.5 Å². The first-order valence-corrected chi connectivity index (χ1v) is 13.0. The topological polar surface area (TPSA) is 48.5 Å². The van der Waals surface area contributed by atoms with E-state index in [2.05, 4.69) is 29.0 Å². The zero-order valence-electron chi connectivity index (χ0n) is 22.0. The van der Waals surface area contributed by atoms with Crippen LogP contribution in [0.4, 0.5) is 28.9 Å². The lowest BCUT2D eigenvalue weighted by Crippen LogP contribution is -2.48. The van der Waals surface area contributed by atoms with Gasteiger partial charge in [0.2, 0.25) is 5.91 Å². The molecule has 1 saturated heterocycles. The molecular weight excluding hydrogens is 508 g/mol. The van der Waals surface area contributed by atoms with Gasteiger partial charge in [-0.2, -0.15) is 13.2 Å². The first kappa shape index (κ1) is 28.3. The quantitative estimate of drug-likeness (QED) is 0.250. The van der Waals surface area contributed by atoms with Crippen molar-refractivity contribution < 1.29 is 22.4 Å². The van der Waals surface area contributed by atoms with Gasteiger partial charge in [0, 0.05) is 49.7 Å². The van der Waals surface area contributed by atoms with Gasteiger partial charge in [0.25, 0.3) is 0 Å². The highest BCUT2D eigenvalue weighted by Crippen LogP contribution is 2.29. The Morgan fingerprint density at radius 1 is 1.13 bits per heavy atom. The van der Waals surface area contributed by atoms with Crippen LogP contribution in [-0.4, -0.2) is 45.9 Å². The van der Waals surface area contributed by atoms with E-state index in [4.69, 9.17) is 0 Å². The van der Waals surface area contributed by atoms with E-state index in [1.54, 1.807) is 12.1 Å². The van der Waals surface area contributed by atoms with Crippen LogP contribution < -0.4 is 5.32 Å². The Balaban J connectivity index is 1.53. The van der Waals surface area contributed by atoms with Crippen LogP contribution in [0, 0.1) is 5.82 Å². The van der Waals surface area contributed by atoms with Crippen molar-refractivity contribution in [3.05, 3.63) is 95.6 Å². The number of nitrogens with one attached hydrogen (secondary N) is 1. The van der Waals surface area contributed by atoms with Crippen LogP contribution in [0.3, 0.4) is 0 Å². The number of hydrogen-bond donors (Lipinski definition) is 1. The lowest BCUT2D eigenvalue weighted by Gasteiger charge is -2.39. The molecule has 206 valence electrons. The molecule has 2 aromatic carbocycles. The van der Waals surface area contributed by atoms with E-state index < -0.39 is 17.6 Å². The van der Waals surface area contributed by atoms with Crippen LogP contribution in [0.25, 0.3) is 6.08 Å². The number of rotatable bonds is 8. The van der Waals surface area contributed by atoms with Gasteiger partial charge in [-0.3, -0.25) is 9.78 Å². The van der Waals surface area contributed by atoms with Gasteiger partial charge >= 0.3 is 6.18 Å². The number of anilines is 2. The molecule has 0 bridgehead atoms. The fraction of sp³-hybridized carbons (Fsp3) is 0.333. The maximum atomic E-state index is 14.1. The van der Waals surface area contributed by atoms with E-state index in [-0.39, 0.29) is 11.9 Å². The summed E-state index contributed by atoms with van der Waals surface area (Å²) in [6.07, 6.45) is 2.83. The molecule has 1 aliphatic rings. The lowest BCUT2D eigenvalue weighted by molar-refractivity contribution is -0.137. The molecule has 1 aliphatic heterocycles. The number of hydrogen-bond acceptors (Lipinski definition) is 4. The summed E-state index contributed by atoms with van der Waals surface area (Å²) in [4.78, 5) is 21.4. The molecule has 1 aromatic heterocycles. The number of nitrogens with zero attached hydrogens (tertiary/aromatic N) is 3. The summed E-state index contributed by atoms with van der Waals surface area (Å²) in [6, 6.07) is 14.2. The second-order valence-electron chi connectivity index (χ2n) is 9.96. The third-order valence-electron chi connectivity index (χ3n) is 6.94. The van der Waals surface area contributed by atoms with Gasteiger partial charge in [0.1, 0.15) is 0 Å². The summed E-state index contributed by atoms with van der Waals surface area (Å²) >= 11 is 0. The number of alkyl halides is 3. The number of halogens is 4. The number of pyridine rings is 1. The normalized spacial score (nSPS) is 15.2. The van der Waals surface area contributed by atoms with Crippen molar-refractivity contribution in [3.8, 4) is 0 Å². The summed E-state index contributed by atoms with van der Waals surface area (Å²) in [7, 11) is 0. The SMILES string of the molecule is CC(C)N1CCC(N(Cc2cccc(Nc3ccncc3F)c2)C(=O)/C=C/c2ccc(C(F)(F)F)cc2)CC1. The predicted molar refractivity (Wildman–Crippen MR) is 145 cm³/mol. The molecule has 0 radical (unpaired) electrons. The molecule has 39 heavy (non-hydrogen) atoms. The minimum Gasteiger partial charge on any atom is -0.353 e. The van der Waals surface area contributed by atoms with E-state index in [1.165, 1.54) is 24.4 Å². The van der Waals surface area contributed by atoms with Crippen LogP contribution in [0.1, 0.15) is 43.4 Å². The number of likely N-dealkylation sites (tertiary alicyclic amines) is 1. The molecule has 5 nitrogen and oxygen atoms in total. The zero-order valence-corrected chi connectivity index (χ0v) is 22.0. The molecule has 0 spiro atoms. The number of amides is 1. The van der Waals surface area contributed by atoms with Gasteiger partial charge in [-0.05, 0) is 74.2 Å². The van der Waals surface area contributed by atoms with Crippen molar-refractivity contribution in [1.29, 1.82) is 0 Å². The molecule has 0 atom stereocenters. The zero-order chi connectivity index (χ0) is 28.0. The maximum Gasteiger partial charge on any atom is 0.416 e. The van der Waals surface area contributed by atoms with Gasteiger partial charge in [-0.15, -0.1) is 0 Å². The minimum atomic E-state index is -4.41. The second kappa shape index (κ2) is 12.4. The van der Waals surface area contributed by atoms with E-state index >= 15 is 0 Å². The van der Waals surface area contributed by atoms with Crippen LogP contribution in [0.2, 0.25) is 0 Å². The molecule has 3 aromatic rings. The molecule has 1 N–H and O–H groups in total. The molecule has 1 amide bonds. The summed E-state index contributed by atoms with van der Waals surface area (Å²) in [5, 5.41) is 3.06. The third kappa shape index (κ3) is 7.66. The molecule has 1 fully saturated rings. The largest absolute Gasteiger partial charge is 0.416 e. The smallest absolute Gasteiger partial charge is 0.353 e. The second-order valence-corrected chi connectivity index (χ2v) is 9.96. The molecular formula is C30H32F4N4O. The Morgan fingerprint density at radius 3 is 2.49 bits per heavy atom. The number of carbonyl (C=O) groups is 1. The fourth-order valence-electron chi connectivity index (χ4n) is 4.72. The van der Waals surface area contributed by atoms with Crippen molar-refractivity contribution in [2.24, 2.45) is 0 Å². The van der Waals surface area contributed by atoms with Gasteiger partial charge in [0.05, 0.1) is 17.4 Å². The van der Waals surface area contributed by atoms with Crippen LogP contribution >= 0.6 is 0 Å². The van der Waals surface area contributed by atoms with Gasteiger partial charge < -0.3 is 15.1 Å². The molecule has 0 aliphatic carbocycles. The van der Waals surface area contributed by atoms with Crippen molar-refractivity contribution in [2.75, 3.05) is 18.4 Å². The number of carbonyl (C=O) groups excluding carboxylic acids is 1. The highest BCUT2D eigenvalue weighted by Gasteiger charge is 2.30. The Morgan fingerprint density at radius 2 is 1.85 bits per heavy atom. The Kier molecular flexibility index (Phi) is 9.01. The van der Waals surface area contributed by atoms with Crippen molar-refractivity contribution in [3.63, 3.8) is 0 Å². The monoisotopic (exact) mass is 540 g/mol. The standard InChI is InChI=1S/C30H32F4N4O/c1-21(2)37-16-13-26(14-17-37)38(29(39)11-8-22-6-9-24(10-7-22)30(32,33)34)20-23-4-3-5-25(18-23)36-28-12-15-35-19-27(28)31/h3-12,15,18-19,21,26H,13-14,16-17,20H2,1-2H3,(H,35,36)/b11-8+. The number of benzene rings is 2. The lowest BCUT2D eigenvalue weighted by atomic mass is 10.0. The summed E-state index contributed by atoms with van der Waals surface area (Å²) in [6.45, 7) is 6.40.